The lowest BCUT2D eigenvalue weighted by atomic mass is 10.1. The zero-order valence-corrected chi connectivity index (χ0v) is 19.1. The number of hydrogen-bond donors (Lipinski definition) is 2. The van der Waals surface area contributed by atoms with Crippen LogP contribution in [0, 0.1) is 0 Å². The first-order chi connectivity index (χ1) is 16.3. The minimum absolute atomic E-state index is 0.167. The number of alkyl halides is 3. The highest BCUT2D eigenvalue weighted by Gasteiger charge is 2.34. The van der Waals surface area contributed by atoms with E-state index in [-0.39, 0.29) is 18.2 Å². The second-order valence-corrected chi connectivity index (χ2v) is 8.50. The fourth-order valence-electron chi connectivity index (χ4n) is 3.05. The SMILES string of the molecule is CCC(Sc1cccc(NC(=O)COc2ccccc2)c1)C(=O)Nc1ccccc1C(F)(F)F. The van der Waals surface area contributed by atoms with Crippen LogP contribution in [0.1, 0.15) is 18.9 Å². The third kappa shape index (κ3) is 7.28. The van der Waals surface area contributed by atoms with Crippen LogP contribution in [0.3, 0.4) is 0 Å². The largest absolute Gasteiger partial charge is 0.484 e. The van der Waals surface area contributed by atoms with Crippen molar-refractivity contribution >= 4 is 35.0 Å². The predicted octanol–water partition coefficient (Wildman–Crippen LogP) is 6.23. The third-order valence-electron chi connectivity index (χ3n) is 4.66. The first-order valence-electron chi connectivity index (χ1n) is 10.5. The van der Waals surface area contributed by atoms with E-state index < -0.39 is 22.9 Å². The van der Waals surface area contributed by atoms with Gasteiger partial charge in [0.2, 0.25) is 5.91 Å². The van der Waals surface area contributed by atoms with Gasteiger partial charge in [-0.1, -0.05) is 43.3 Å². The van der Waals surface area contributed by atoms with Crippen LogP contribution in [0.2, 0.25) is 0 Å². The van der Waals surface area contributed by atoms with E-state index in [9.17, 15) is 22.8 Å². The maximum atomic E-state index is 13.2. The van der Waals surface area contributed by atoms with Crippen LogP contribution in [0.4, 0.5) is 24.5 Å². The molecule has 3 rings (SSSR count). The first kappa shape index (κ1) is 25.2. The van der Waals surface area contributed by atoms with E-state index in [2.05, 4.69) is 10.6 Å². The molecule has 0 radical (unpaired) electrons. The molecule has 0 aliphatic carbocycles. The van der Waals surface area contributed by atoms with Crippen LogP contribution < -0.4 is 15.4 Å². The third-order valence-corrected chi connectivity index (χ3v) is 6.02. The van der Waals surface area contributed by atoms with Gasteiger partial charge in [0, 0.05) is 10.6 Å². The van der Waals surface area contributed by atoms with Crippen molar-refractivity contribution in [1.82, 2.24) is 0 Å². The Morgan fingerprint density at radius 3 is 2.35 bits per heavy atom. The van der Waals surface area contributed by atoms with Gasteiger partial charge in [-0.15, -0.1) is 11.8 Å². The number of anilines is 2. The van der Waals surface area contributed by atoms with Crippen LogP contribution >= 0.6 is 11.8 Å². The Kier molecular flexibility index (Phi) is 8.59. The summed E-state index contributed by atoms with van der Waals surface area (Å²) in [7, 11) is 0. The molecule has 2 N–H and O–H groups in total. The van der Waals surface area contributed by atoms with E-state index >= 15 is 0 Å². The summed E-state index contributed by atoms with van der Waals surface area (Å²) in [6, 6.07) is 20.7. The van der Waals surface area contributed by atoms with E-state index in [0.29, 0.717) is 22.8 Å². The van der Waals surface area contributed by atoms with Crippen molar-refractivity contribution in [1.29, 1.82) is 0 Å². The number of thioether (sulfide) groups is 1. The molecular formula is C25H23F3N2O3S. The highest BCUT2D eigenvalue weighted by atomic mass is 32.2. The van der Waals surface area contributed by atoms with Crippen molar-refractivity contribution < 1.29 is 27.5 Å². The summed E-state index contributed by atoms with van der Waals surface area (Å²) in [6.45, 7) is 1.61. The van der Waals surface area contributed by atoms with Crippen LogP contribution in [0.5, 0.6) is 5.75 Å². The lowest BCUT2D eigenvalue weighted by Crippen LogP contribution is -2.26. The number of carbonyl (C=O) groups is 2. The highest BCUT2D eigenvalue weighted by Crippen LogP contribution is 2.35. The summed E-state index contributed by atoms with van der Waals surface area (Å²) < 4.78 is 45.1. The summed E-state index contributed by atoms with van der Waals surface area (Å²) in [6.07, 6.45) is -4.18. The van der Waals surface area contributed by atoms with Gasteiger partial charge in [-0.25, -0.2) is 0 Å². The zero-order valence-electron chi connectivity index (χ0n) is 18.3. The van der Waals surface area contributed by atoms with Gasteiger partial charge in [0.25, 0.3) is 5.91 Å². The van der Waals surface area contributed by atoms with Crippen LogP contribution in [0.15, 0.2) is 83.8 Å². The average molecular weight is 489 g/mol. The van der Waals surface area contributed by atoms with Gasteiger partial charge in [-0.05, 0) is 48.9 Å². The smallest absolute Gasteiger partial charge is 0.418 e. The van der Waals surface area contributed by atoms with Crippen LogP contribution in [-0.4, -0.2) is 23.7 Å². The fraction of sp³-hybridized carbons (Fsp3) is 0.200. The Balaban J connectivity index is 1.61. The van der Waals surface area contributed by atoms with Gasteiger partial charge in [0.1, 0.15) is 5.75 Å². The number of rotatable bonds is 9. The van der Waals surface area contributed by atoms with E-state index in [1.165, 1.54) is 30.0 Å². The quantitative estimate of drug-likeness (QED) is 0.350. The predicted molar refractivity (Wildman–Crippen MR) is 127 cm³/mol. The molecule has 3 aromatic carbocycles. The molecular weight excluding hydrogens is 465 g/mol. The normalized spacial score (nSPS) is 12.0. The minimum atomic E-state index is -4.57. The first-order valence-corrected chi connectivity index (χ1v) is 11.4. The lowest BCUT2D eigenvalue weighted by molar-refractivity contribution is -0.137. The summed E-state index contributed by atoms with van der Waals surface area (Å²) in [5.41, 5.74) is -0.659. The Bertz CT molecular complexity index is 1120. The summed E-state index contributed by atoms with van der Waals surface area (Å²) >= 11 is 1.21. The highest BCUT2D eigenvalue weighted by molar-refractivity contribution is 8.00. The maximum absolute atomic E-state index is 13.2. The van der Waals surface area contributed by atoms with E-state index in [1.54, 1.807) is 55.5 Å². The van der Waals surface area contributed by atoms with Gasteiger partial charge in [0.05, 0.1) is 16.5 Å². The van der Waals surface area contributed by atoms with Crippen LogP contribution in [-0.2, 0) is 15.8 Å². The van der Waals surface area contributed by atoms with Crippen molar-refractivity contribution in [2.24, 2.45) is 0 Å². The zero-order chi connectivity index (χ0) is 24.6. The Morgan fingerprint density at radius 2 is 1.65 bits per heavy atom. The standard InChI is InChI=1S/C25H23F3N2O3S/c1-2-22(24(32)30-21-14-7-6-13-20(21)25(26,27)28)34-19-12-8-9-17(15-19)29-23(31)16-33-18-10-4-3-5-11-18/h3-15,22H,2,16H2,1H3,(H,29,31)(H,30,32). The maximum Gasteiger partial charge on any atom is 0.418 e. The molecule has 0 aliphatic rings. The molecule has 0 aromatic heterocycles. The van der Waals surface area contributed by atoms with E-state index in [0.717, 1.165) is 6.07 Å². The molecule has 0 spiro atoms. The molecule has 2 amide bonds. The number of para-hydroxylation sites is 2. The molecule has 0 fully saturated rings. The van der Waals surface area contributed by atoms with Gasteiger partial charge in [-0.2, -0.15) is 13.2 Å². The van der Waals surface area contributed by atoms with Crippen LogP contribution in [0.25, 0.3) is 0 Å². The molecule has 1 atom stereocenters. The molecule has 0 aliphatic heterocycles. The molecule has 0 heterocycles. The Hall–Kier alpha value is -3.46. The number of nitrogens with one attached hydrogen (secondary N) is 2. The average Bonchev–Trinajstić information content (AvgIpc) is 2.82. The molecule has 34 heavy (non-hydrogen) atoms. The number of ether oxygens (including phenoxy) is 1. The second kappa shape index (κ2) is 11.6. The van der Waals surface area contributed by atoms with Crippen molar-refractivity contribution in [3.63, 3.8) is 0 Å². The summed E-state index contributed by atoms with van der Waals surface area (Å²) in [5.74, 6) is -0.305. The van der Waals surface area contributed by atoms with E-state index in [4.69, 9.17) is 4.74 Å². The number of amides is 2. The summed E-state index contributed by atoms with van der Waals surface area (Å²) in [4.78, 5) is 25.6. The molecule has 0 bridgehead atoms. The van der Waals surface area contributed by atoms with Gasteiger partial charge in [0.15, 0.2) is 6.61 Å². The monoisotopic (exact) mass is 488 g/mol. The van der Waals surface area contributed by atoms with Gasteiger partial charge < -0.3 is 15.4 Å². The van der Waals surface area contributed by atoms with E-state index in [1.807, 2.05) is 6.07 Å². The molecule has 3 aromatic rings. The van der Waals surface area contributed by atoms with Crippen molar-refractivity contribution in [2.75, 3.05) is 17.2 Å². The lowest BCUT2D eigenvalue weighted by Gasteiger charge is -2.18. The Morgan fingerprint density at radius 1 is 0.941 bits per heavy atom. The molecule has 9 heteroatoms. The molecule has 178 valence electrons. The molecule has 1 unspecified atom stereocenters. The van der Waals surface area contributed by atoms with Crippen molar-refractivity contribution in [3.05, 3.63) is 84.4 Å². The number of benzene rings is 3. The molecule has 5 nitrogen and oxygen atoms in total. The van der Waals surface area contributed by atoms with Crippen molar-refractivity contribution in [3.8, 4) is 5.75 Å². The topological polar surface area (TPSA) is 67.4 Å². The number of hydrogen-bond acceptors (Lipinski definition) is 4. The summed E-state index contributed by atoms with van der Waals surface area (Å²) in [5, 5.41) is 4.50. The number of halogens is 3. The second-order valence-electron chi connectivity index (χ2n) is 7.23. The molecule has 0 saturated heterocycles. The fourth-order valence-corrected chi connectivity index (χ4v) is 4.06. The van der Waals surface area contributed by atoms with Gasteiger partial charge in [-0.3, -0.25) is 9.59 Å². The van der Waals surface area contributed by atoms with Crippen molar-refractivity contribution in [2.45, 2.75) is 29.7 Å². The van der Waals surface area contributed by atoms with Gasteiger partial charge >= 0.3 is 6.18 Å². The molecule has 0 saturated carbocycles. The number of carbonyl (C=O) groups excluding carboxylic acids is 2. The Labute approximate surface area is 199 Å². The minimum Gasteiger partial charge on any atom is -0.484 e.